The van der Waals surface area contributed by atoms with Crippen LogP contribution in [0.15, 0.2) is 16.6 Å². The third-order valence-electron chi connectivity index (χ3n) is 2.46. The molecule has 2 rings (SSSR count). The summed E-state index contributed by atoms with van der Waals surface area (Å²) in [7, 11) is 0. The molecule has 1 aliphatic rings. The van der Waals surface area contributed by atoms with Crippen LogP contribution in [0.4, 0.5) is 10.1 Å². The molecule has 0 aliphatic carbocycles. The van der Waals surface area contributed by atoms with Crippen LogP contribution in [0.5, 0.6) is 0 Å². The van der Waals surface area contributed by atoms with Crippen molar-refractivity contribution in [3.8, 4) is 0 Å². The summed E-state index contributed by atoms with van der Waals surface area (Å²) in [5, 5.41) is -0.0224. The van der Waals surface area contributed by atoms with Crippen LogP contribution in [0, 0.1) is 5.82 Å². The Labute approximate surface area is 105 Å². The molecule has 1 amide bonds. The van der Waals surface area contributed by atoms with Gasteiger partial charge in [0, 0.05) is 23.5 Å². The topological polar surface area (TPSA) is 46.3 Å². The Kier molecular flexibility index (Phi) is 3.19. The highest BCUT2D eigenvalue weighted by molar-refractivity contribution is 9.10. The van der Waals surface area contributed by atoms with Crippen molar-refractivity contribution in [2.45, 2.75) is 12.5 Å². The highest BCUT2D eigenvalue weighted by atomic mass is 79.9. The number of hydrogen-bond acceptors (Lipinski definition) is 2. The van der Waals surface area contributed by atoms with Gasteiger partial charge in [0.15, 0.2) is 5.82 Å². The first-order valence-electron chi connectivity index (χ1n) is 4.70. The second-order valence-electron chi connectivity index (χ2n) is 3.66. The highest BCUT2D eigenvalue weighted by Gasteiger charge is 2.30. The molecule has 1 aliphatic heterocycles. The van der Waals surface area contributed by atoms with Crippen molar-refractivity contribution in [2.24, 2.45) is 5.73 Å². The van der Waals surface area contributed by atoms with Gasteiger partial charge < -0.3 is 10.6 Å². The standard InChI is InChI=1S/C10H9BrClFN2O/c11-6-1-2-7(10(13)9(6)12)15-4-5(14)3-8(15)16/h1-2,5H,3-4,14H2. The van der Waals surface area contributed by atoms with Gasteiger partial charge in [0.25, 0.3) is 0 Å². The van der Waals surface area contributed by atoms with Crippen LogP contribution in [0.2, 0.25) is 5.02 Å². The molecule has 1 fully saturated rings. The molecule has 0 spiro atoms. The van der Waals surface area contributed by atoms with E-state index in [-0.39, 0.29) is 29.1 Å². The van der Waals surface area contributed by atoms with E-state index in [1.54, 1.807) is 6.07 Å². The van der Waals surface area contributed by atoms with E-state index in [0.717, 1.165) is 0 Å². The summed E-state index contributed by atoms with van der Waals surface area (Å²) in [5.74, 6) is -0.775. The fourth-order valence-corrected chi connectivity index (χ4v) is 2.16. The summed E-state index contributed by atoms with van der Waals surface area (Å²) in [6, 6.07) is 2.88. The number of anilines is 1. The minimum Gasteiger partial charge on any atom is -0.326 e. The normalized spacial score (nSPS) is 20.6. The molecule has 0 saturated carbocycles. The number of nitrogens with zero attached hydrogens (tertiary/aromatic N) is 1. The number of carbonyl (C=O) groups is 1. The van der Waals surface area contributed by atoms with Gasteiger partial charge in [-0.15, -0.1) is 0 Å². The van der Waals surface area contributed by atoms with E-state index in [1.807, 2.05) is 0 Å². The molecule has 1 atom stereocenters. The first-order chi connectivity index (χ1) is 7.50. The molecular formula is C10H9BrClFN2O. The molecule has 1 aromatic carbocycles. The van der Waals surface area contributed by atoms with Gasteiger partial charge in [-0.1, -0.05) is 11.6 Å². The number of amides is 1. The zero-order chi connectivity index (χ0) is 11.9. The molecule has 16 heavy (non-hydrogen) atoms. The van der Waals surface area contributed by atoms with Gasteiger partial charge in [-0.3, -0.25) is 4.79 Å². The molecule has 0 aromatic heterocycles. The lowest BCUT2D eigenvalue weighted by molar-refractivity contribution is -0.117. The molecule has 6 heteroatoms. The monoisotopic (exact) mass is 306 g/mol. The van der Waals surface area contributed by atoms with Gasteiger partial charge in [-0.25, -0.2) is 4.39 Å². The fraction of sp³-hybridized carbons (Fsp3) is 0.300. The summed E-state index contributed by atoms with van der Waals surface area (Å²) in [6.07, 6.45) is 0.243. The van der Waals surface area contributed by atoms with Crippen LogP contribution in [-0.2, 0) is 4.79 Å². The molecule has 0 bridgehead atoms. The van der Waals surface area contributed by atoms with E-state index in [2.05, 4.69) is 15.9 Å². The third kappa shape index (κ3) is 1.95. The van der Waals surface area contributed by atoms with Crippen molar-refractivity contribution in [3.63, 3.8) is 0 Å². The Morgan fingerprint density at radius 3 is 2.81 bits per heavy atom. The number of halogens is 3. The lowest BCUT2D eigenvalue weighted by atomic mass is 10.3. The van der Waals surface area contributed by atoms with Crippen LogP contribution in [0.1, 0.15) is 6.42 Å². The Morgan fingerprint density at radius 1 is 1.56 bits per heavy atom. The van der Waals surface area contributed by atoms with Gasteiger partial charge in [-0.05, 0) is 28.1 Å². The molecule has 3 nitrogen and oxygen atoms in total. The molecule has 1 heterocycles. The van der Waals surface area contributed by atoms with Crippen molar-refractivity contribution < 1.29 is 9.18 Å². The maximum atomic E-state index is 13.8. The van der Waals surface area contributed by atoms with Gasteiger partial charge >= 0.3 is 0 Å². The van der Waals surface area contributed by atoms with Crippen molar-refractivity contribution in [2.75, 3.05) is 11.4 Å². The maximum absolute atomic E-state index is 13.8. The second-order valence-corrected chi connectivity index (χ2v) is 4.90. The largest absolute Gasteiger partial charge is 0.326 e. The molecule has 1 aromatic rings. The van der Waals surface area contributed by atoms with E-state index in [9.17, 15) is 9.18 Å². The van der Waals surface area contributed by atoms with E-state index in [4.69, 9.17) is 17.3 Å². The summed E-state index contributed by atoms with van der Waals surface area (Å²) in [5.41, 5.74) is 5.83. The maximum Gasteiger partial charge on any atom is 0.228 e. The predicted molar refractivity (Wildman–Crippen MR) is 64.1 cm³/mol. The zero-order valence-electron chi connectivity index (χ0n) is 8.21. The lowest BCUT2D eigenvalue weighted by Gasteiger charge is -2.17. The van der Waals surface area contributed by atoms with Crippen LogP contribution >= 0.6 is 27.5 Å². The van der Waals surface area contributed by atoms with Crippen molar-refractivity contribution in [1.82, 2.24) is 0 Å². The molecule has 1 unspecified atom stereocenters. The average molecular weight is 308 g/mol. The summed E-state index contributed by atoms with van der Waals surface area (Å²) >= 11 is 8.87. The quantitative estimate of drug-likeness (QED) is 0.809. The van der Waals surface area contributed by atoms with E-state index in [1.165, 1.54) is 11.0 Å². The number of hydrogen-bond donors (Lipinski definition) is 1. The number of nitrogens with two attached hydrogens (primary N) is 1. The number of carbonyl (C=O) groups excluding carboxylic acids is 1. The summed E-state index contributed by atoms with van der Waals surface area (Å²) in [4.78, 5) is 12.9. The van der Waals surface area contributed by atoms with Gasteiger partial charge in [0.1, 0.15) is 0 Å². The molecule has 1 saturated heterocycles. The van der Waals surface area contributed by atoms with E-state index in [0.29, 0.717) is 11.0 Å². The minimum absolute atomic E-state index is 0.0224. The van der Waals surface area contributed by atoms with Crippen LogP contribution in [0.3, 0.4) is 0 Å². The van der Waals surface area contributed by atoms with Crippen molar-refractivity contribution in [1.29, 1.82) is 0 Å². The SMILES string of the molecule is NC1CC(=O)N(c2ccc(Br)c(Cl)c2F)C1. The van der Waals surface area contributed by atoms with Crippen LogP contribution < -0.4 is 10.6 Å². The smallest absolute Gasteiger partial charge is 0.228 e. The molecule has 0 radical (unpaired) electrons. The first-order valence-corrected chi connectivity index (χ1v) is 5.87. The molecule has 86 valence electrons. The Balaban J connectivity index is 2.42. The van der Waals surface area contributed by atoms with Crippen molar-refractivity contribution >= 4 is 39.1 Å². The summed E-state index contributed by atoms with van der Waals surface area (Å²) < 4.78 is 14.3. The average Bonchev–Trinajstić information content (AvgIpc) is 2.55. The van der Waals surface area contributed by atoms with Crippen LogP contribution in [0.25, 0.3) is 0 Å². The van der Waals surface area contributed by atoms with E-state index < -0.39 is 5.82 Å². The Morgan fingerprint density at radius 2 is 2.25 bits per heavy atom. The van der Waals surface area contributed by atoms with Crippen molar-refractivity contribution in [3.05, 3.63) is 27.4 Å². The number of rotatable bonds is 1. The van der Waals surface area contributed by atoms with Crippen LogP contribution in [-0.4, -0.2) is 18.5 Å². The minimum atomic E-state index is -0.599. The second kappa shape index (κ2) is 4.31. The predicted octanol–water partition coefficient (Wildman–Crippen LogP) is 2.31. The Bertz CT molecular complexity index is 455. The Hall–Kier alpha value is -0.650. The fourth-order valence-electron chi connectivity index (χ4n) is 1.69. The van der Waals surface area contributed by atoms with Gasteiger partial charge in [0.05, 0.1) is 10.7 Å². The number of benzene rings is 1. The van der Waals surface area contributed by atoms with E-state index >= 15 is 0 Å². The molecular weight excluding hydrogens is 298 g/mol. The lowest BCUT2D eigenvalue weighted by Crippen LogP contribution is -2.28. The molecule has 2 N–H and O–H groups in total. The summed E-state index contributed by atoms with van der Waals surface area (Å²) in [6.45, 7) is 0.327. The first kappa shape index (κ1) is 11.8. The third-order valence-corrected chi connectivity index (χ3v) is 3.72. The highest BCUT2D eigenvalue weighted by Crippen LogP contribution is 2.33. The zero-order valence-corrected chi connectivity index (χ0v) is 10.6. The van der Waals surface area contributed by atoms with Gasteiger partial charge in [-0.2, -0.15) is 0 Å². The van der Waals surface area contributed by atoms with Gasteiger partial charge in [0.2, 0.25) is 5.91 Å².